The second kappa shape index (κ2) is 8.13. The van der Waals surface area contributed by atoms with E-state index in [9.17, 15) is 4.79 Å². The van der Waals surface area contributed by atoms with E-state index in [0.29, 0.717) is 19.1 Å². The summed E-state index contributed by atoms with van der Waals surface area (Å²) in [5.41, 5.74) is 0. The highest BCUT2D eigenvalue weighted by molar-refractivity contribution is 5.67. The Bertz CT molecular complexity index is 356. The Hall–Kier alpha value is -1.25. The van der Waals surface area contributed by atoms with Gasteiger partial charge in [-0.2, -0.15) is 0 Å². The number of amides is 1. The van der Waals surface area contributed by atoms with Crippen LogP contribution in [0.15, 0.2) is 0 Å². The molecular weight excluding hydrogens is 258 g/mol. The Kier molecular flexibility index (Phi) is 6.16. The Morgan fingerprint density at radius 1 is 1.15 bits per heavy atom. The molecule has 0 aromatic heterocycles. The highest BCUT2D eigenvalue weighted by atomic mass is 16.6. The first-order valence-corrected chi connectivity index (χ1v) is 7.38. The van der Waals surface area contributed by atoms with Gasteiger partial charge in [0.05, 0.1) is 19.8 Å². The zero-order valence-corrected chi connectivity index (χ0v) is 11.8. The van der Waals surface area contributed by atoms with E-state index in [-0.39, 0.29) is 25.9 Å². The molecule has 0 aliphatic heterocycles. The minimum absolute atomic E-state index is 0.0135. The van der Waals surface area contributed by atoms with Crippen molar-refractivity contribution in [1.82, 2.24) is 5.32 Å². The van der Waals surface area contributed by atoms with Gasteiger partial charge in [0.2, 0.25) is 0 Å². The van der Waals surface area contributed by atoms with Crippen LogP contribution in [-0.2, 0) is 9.47 Å². The van der Waals surface area contributed by atoms with E-state index in [2.05, 4.69) is 17.2 Å². The fourth-order valence-corrected chi connectivity index (χ4v) is 2.95. The quantitative estimate of drug-likeness (QED) is 0.543. The van der Waals surface area contributed by atoms with Gasteiger partial charge in [-0.25, -0.2) is 4.79 Å². The fourth-order valence-electron chi connectivity index (χ4n) is 2.95. The molecule has 2 atom stereocenters. The molecule has 5 nitrogen and oxygen atoms in total. The molecule has 2 unspecified atom stereocenters. The smallest absolute Gasteiger partial charge is 0.407 e. The van der Waals surface area contributed by atoms with Crippen LogP contribution in [0.1, 0.15) is 25.7 Å². The molecule has 0 radical (unpaired) electrons. The molecule has 1 fully saturated rings. The fraction of sp³-hybridized carbons (Fsp3) is 0.800. The lowest BCUT2D eigenvalue weighted by Gasteiger charge is -2.07. The van der Waals surface area contributed by atoms with Gasteiger partial charge in [0.1, 0.15) is 6.61 Å². The predicted molar refractivity (Wildman–Crippen MR) is 74.0 cm³/mol. The van der Waals surface area contributed by atoms with Crippen LogP contribution in [0.25, 0.3) is 0 Å². The number of aliphatic hydroxyl groups excluding tert-OH is 1. The summed E-state index contributed by atoms with van der Waals surface area (Å²) >= 11 is 0. The number of hydrogen-bond acceptors (Lipinski definition) is 4. The number of carbonyl (C=O) groups excluding carboxylic acids is 1. The minimum atomic E-state index is -0.381. The summed E-state index contributed by atoms with van der Waals surface area (Å²) in [7, 11) is 0. The van der Waals surface area contributed by atoms with Gasteiger partial charge in [-0.1, -0.05) is 0 Å². The molecule has 0 bridgehead atoms. The van der Waals surface area contributed by atoms with Crippen molar-refractivity contribution in [3.63, 3.8) is 0 Å². The molecule has 2 aliphatic rings. The van der Waals surface area contributed by atoms with Crippen molar-refractivity contribution in [2.45, 2.75) is 25.7 Å². The summed E-state index contributed by atoms with van der Waals surface area (Å²) in [6.45, 7) is 1.50. The van der Waals surface area contributed by atoms with Crippen LogP contribution in [0.3, 0.4) is 0 Å². The van der Waals surface area contributed by atoms with Crippen molar-refractivity contribution in [3.05, 3.63) is 0 Å². The number of fused-ring (bicyclic) bond motifs is 1. The molecule has 1 saturated carbocycles. The zero-order valence-electron chi connectivity index (χ0n) is 11.8. The van der Waals surface area contributed by atoms with E-state index in [0.717, 1.165) is 37.5 Å². The standard InChI is InChI=1S/C15H23NO4/c17-7-8-19-9-10-20-15(18)16-11-14-12-5-3-1-2-4-6-13(12)14/h12-14,17H,3-11H2,(H,16,18). The van der Waals surface area contributed by atoms with E-state index in [1.54, 1.807) is 0 Å². The molecule has 2 aliphatic carbocycles. The molecule has 20 heavy (non-hydrogen) atoms. The average molecular weight is 281 g/mol. The number of ether oxygens (including phenoxy) is 2. The molecule has 0 aromatic carbocycles. The number of hydrogen-bond donors (Lipinski definition) is 2. The Morgan fingerprint density at radius 3 is 2.50 bits per heavy atom. The van der Waals surface area contributed by atoms with E-state index < -0.39 is 0 Å². The molecule has 0 saturated heterocycles. The molecule has 2 N–H and O–H groups in total. The summed E-state index contributed by atoms with van der Waals surface area (Å²) in [5.74, 6) is 8.42. The number of aliphatic hydroxyl groups is 1. The normalized spacial score (nSPS) is 27.4. The van der Waals surface area contributed by atoms with Crippen molar-refractivity contribution in [2.75, 3.05) is 33.0 Å². The molecule has 0 heterocycles. The molecular formula is C15H23NO4. The van der Waals surface area contributed by atoms with Crippen molar-refractivity contribution >= 4 is 6.09 Å². The minimum Gasteiger partial charge on any atom is -0.447 e. The first-order chi connectivity index (χ1) is 9.83. The van der Waals surface area contributed by atoms with Crippen molar-refractivity contribution in [2.24, 2.45) is 17.8 Å². The van der Waals surface area contributed by atoms with E-state index >= 15 is 0 Å². The SMILES string of the molecule is O=C(NCC1C2CCC#CCCC21)OCCOCCO. The first kappa shape index (κ1) is 15.1. The van der Waals surface area contributed by atoms with E-state index in [1.807, 2.05) is 0 Å². The summed E-state index contributed by atoms with van der Waals surface area (Å²) in [4.78, 5) is 11.5. The largest absolute Gasteiger partial charge is 0.447 e. The van der Waals surface area contributed by atoms with Crippen molar-refractivity contribution in [1.29, 1.82) is 0 Å². The van der Waals surface area contributed by atoms with Crippen LogP contribution in [-0.4, -0.2) is 44.2 Å². The van der Waals surface area contributed by atoms with Crippen LogP contribution in [0.5, 0.6) is 0 Å². The zero-order chi connectivity index (χ0) is 14.2. The highest BCUT2D eigenvalue weighted by Crippen LogP contribution is 2.51. The molecule has 0 aromatic rings. The van der Waals surface area contributed by atoms with Crippen molar-refractivity contribution < 1.29 is 19.4 Å². The van der Waals surface area contributed by atoms with Crippen LogP contribution < -0.4 is 5.32 Å². The lowest BCUT2D eigenvalue weighted by molar-refractivity contribution is 0.0536. The van der Waals surface area contributed by atoms with Gasteiger partial charge in [0, 0.05) is 19.4 Å². The van der Waals surface area contributed by atoms with Crippen LogP contribution in [0, 0.1) is 29.6 Å². The Labute approximate surface area is 120 Å². The maximum Gasteiger partial charge on any atom is 0.407 e. The average Bonchev–Trinajstić information content (AvgIpc) is 3.06. The third-order valence-electron chi connectivity index (χ3n) is 4.02. The summed E-state index contributed by atoms with van der Waals surface area (Å²) < 4.78 is 10.00. The van der Waals surface area contributed by atoms with Crippen LogP contribution in [0.2, 0.25) is 0 Å². The monoisotopic (exact) mass is 281 g/mol. The maximum absolute atomic E-state index is 11.5. The summed E-state index contributed by atoms with van der Waals surface area (Å²) in [6.07, 6.45) is 3.92. The number of carbonyl (C=O) groups is 1. The van der Waals surface area contributed by atoms with Gasteiger partial charge < -0.3 is 19.9 Å². The lowest BCUT2D eigenvalue weighted by Crippen LogP contribution is -2.28. The van der Waals surface area contributed by atoms with Gasteiger partial charge in [0.15, 0.2) is 0 Å². The topological polar surface area (TPSA) is 67.8 Å². The van der Waals surface area contributed by atoms with Gasteiger partial charge in [0.25, 0.3) is 0 Å². The Balaban J connectivity index is 1.54. The summed E-state index contributed by atoms with van der Waals surface area (Å²) in [5, 5.41) is 11.3. The lowest BCUT2D eigenvalue weighted by atomic mass is 10.1. The van der Waals surface area contributed by atoms with Gasteiger partial charge in [-0.3, -0.25) is 0 Å². The molecule has 1 amide bonds. The second-order valence-corrected chi connectivity index (χ2v) is 5.28. The Morgan fingerprint density at radius 2 is 1.85 bits per heavy atom. The molecule has 0 spiro atoms. The third kappa shape index (κ3) is 4.69. The summed E-state index contributed by atoms with van der Waals surface area (Å²) in [6, 6.07) is 0. The first-order valence-electron chi connectivity index (χ1n) is 7.38. The second-order valence-electron chi connectivity index (χ2n) is 5.28. The molecule has 5 heteroatoms. The van der Waals surface area contributed by atoms with Gasteiger partial charge in [-0.15, -0.1) is 11.8 Å². The van der Waals surface area contributed by atoms with Crippen LogP contribution in [0.4, 0.5) is 4.79 Å². The van der Waals surface area contributed by atoms with E-state index in [4.69, 9.17) is 14.6 Å². The number of rotatable bonds is 7. The van der Waals surface area contributed by atoms with Crippen LogP contribution >= 0.6 is 0 Å². The van der Waals surface area contributed by atoms with Gasteiger partial charge >= 0.3 is 6.09 Å². The van der Waals surface area contributed by atoms with Crippen molar-refractivity contribution in [3.8, 4) is 11.8 Å². The predicted octanol–water partition coefficient (Wildman–Crippen LogP) is 1.16. The molecule has 2 rings (SSSR count). The third-order valence-corrected chi connectivity index (χ3v) is 4.02. The number of alkyl carbamates (subject to hydrolysis) is 1. The van der Waals surface area contributed by atoms with E-state index in [1.165, 1.54) is 0 Å². The number of nitrogens with one attached hydrogen (secondary N) is 1. The molecule has 112 valence electrons. The van der Waals surface area contributed by atoms with Gasteiger partial charge in [-0.05, 0) is 30.6 Å². The maximum atomic E-state index is 11.5. The highest BCUT2D eigenvalue weighted by Gasteiger charge is 2.48.